The van der Waals surface area contributed by atoms with Crippen LogP contribution in [-0.4, -0.2) is 40.4 Å². The van der Waals surface area contributed by atoms with Gasteiger partial charge in [-0.2, -0.15) is 0 Å². The van der Waals surface area contributed by atoms with Gasteiger partial charge in [-0.05, 0) is 195 Å². The lowest BCUT2D eigenvalue weighted by Gasteiger charge is -2.28. The van der Waals surface area contributed by atoms with Crippen LogP contribution in [0.15, 0.2) is 183 Å². The van der Waals surface area contributed by atoms with Crippen molar-refractivity contribution >= 4 is 66.3 Å². The molecule has 10 heteroatoms. The second kappa shape index (κ2) is 41.0. The Balaban J connectivity index is 0.000000183. The number of aromatic nitrogens is 5. The quantitative estimate of drug-likeness (QED) is 0.0535. The summed E-state index contributed by atoms with van der Waals surface area (Å²) in [6.07, 6.45) is 32.0. The molecule has 117 heavy (non-hydrogen) atoms. The van der Waals surface area contributed by atoms with Gasteiger partial charge in [0.15, 0.2) is 31.0 Å². The molecule has 628 valence electrons. The zero-order valence-corrected chi connectivity index (χ0v) is 85.0. The van der Waals surface area contributed by atoms with Gasteiger partial charge < -0.3 is 0 Å². The average molecular weight is 1660 g/mol. The molecule has 0 N–H and O–H groups in total. The number of pyridine rings is 5. The van der Waals surface area contributed by atoms with Gasteiger partial charge in [0.05, 0.1) is 40.4 Å². The first-order valence-corrected chi connectivity index (χ1v) is 62.7. The predicted molar refractivity (Wildman–Crippen MR) is 525 cm³/mol. The molecule has 0 aliphatic heterocycles. The van der Waals surface area contributed by atoms with E-state index in [-0.39, 0.29) is 0 Å². The molecule has 1 unspecified atom stereocenters. The maximum Gasteiger partial charge on any atom is 0.212 e. The van der Waals surface area contributed by atoms with Gasteiger partial charge in [-0.25, -0.2) is 22.8 Å². The van der Waals surface area contributed by atoms with E-state index in [1.54, 1.807) is 48.2 Å². The monoisotopic (exact) mass is 1660 g/mol. The van der Waals surface area contributed by atoms with E-state index in [9.17, 15) is 0 Å². The normalized spacial score (nSPS) is 14.0. The fraction of sp³-hybridized carbons (Fsp3) is 0.486. The van der Waals surface area contributed by atoms with Crippen LogP contribution in [0, 0.1) is 51.9 Å². The van der Waals surface area contributed by atoms with E-state index in [1.807, 2.05) is 0 Å². The molecule has 0 saturated heterocycles. The van der Waals surface area contributed by atoms with E-state index >= 15 is 0 Å². The third-order valence-corrected chi connectivity index (χ3v) is 35.6. The molecule has 10 aromatic rings. The Kier molecular flexibility index (Phi) is 33.4. The molecule has 12 rings (SSSR count). The lowest BCUT2D eigenvalue weighted by atomic mass is 9.83. The topological polar surface area (TPSA) is 19.4 Å². The molecule has 5 aromatic carbocycles. The van der Waals surface area contributed by atoms with Crippen molar-refractivity contribution < 1.29 is 22.8 Å². The number of rotatable bonds is 20. The summed E-state index contributed by atoms with van der Waals surface area (Å²) in [6.45, 7) is 64.4. The minimum absolute atomic E-state index is 0.303. The van der Waals surface area contributed by atoms with Crippen molar-refractivity contribution in [2.75, 3.05) is 0 Å². The maximum atomic E-state index is 2.53. The summed E-state index contributed by atoms with van der Waals surface area (Å²) in [4.78, 5) is 0. The zero-order chi connectivity index (χ0) is 86.4. The molecule has 5 aromatic heterocycles. The van der Waals surface area contributed by atoms with Crippen molar-refractivity contribution in [2.24, 2.45) is 52.5 Å². The molecular formula is C107H160N5Si5+5. The highest BCUT2D eigenvalue weighted by molar-refractivity contribution is 6.90. The molecule has 1 atom stereocenters. The van der Waals surface area contributed by atoms with Gasteiger partial charge >= 0.3 is 0 Å². The summed E-state index contributed by atoms with van der Waals surface area (Å²) in [6, 6.07) is 56.1. The van der Waals surface area contributed by atoms with Gasteiger partial charge in [0.25, 0.3) is 0 Å². The highest BCUT2D eigenvalue weighted by atomic mass is 28.3. The van der Waals surface area contributed by atoms with Gasteiger partial charge in [0, 0.05) is 84.1 Å². The summed E-state index contributed by atoms with van der Waals surface area (Å²) >= 11 is 0. The van der Waals surface area contributed by atoms with E-state index in [0.717, 1.165) is 30.1 Å². The van der Waals surface area contributed by atoms with Crippen molar-refractivity contribution in [1.82, 2.24) is 0 Å². The SMILES string of the molecule is CCC(C)Cc1cc(-c2ccccc2C)[n+](C)cc1[Si](C)(C)C.CCC(CC)Cc1cc(-c2ccccc2C)[n+](C)cc1[Si](C)(C)C.Cc1ccccc1-c1cc(C2CCCC2)c([Si](C)(C)C)c[n+]1C.Cc1ccccc1-c1cc(C2CCCCC2)c([Si](C)(C)C)c[n+]1C.Cc1ccccc1-c1cc(CC(C)(C)C)c([Si](C)(C)C)c[n+]1C. The van der Waals surface area contributed by atoms with Gasteiger partial charge in [-0.15, -0.1) is 0 Å². The molecule has 0 amide bonds. The lowest BCUT2D eigenvalue weighted by Crippen LogP contribution is -2.47. The highest BCUT2D eigenvalue weighted by Crippen LogP contribution is 2.38. The Bertz CT molecular complexity index is 4950. The second-order valence-corrected chi connectivity index (χ2v) is 67.1. The Morgan fingerprint density at radius 1 is 0.316 bits per heavy atom. The van der Waals surface area contributed by atoms with Crippen LogP contribution in [0.5, 0.6) is 0 Å². The minimum Gasteiger partial charge on any atom is -0.201 e. The lowest BCUT2D eigenvalue weighted by molar-refractivity contribution is -0.659. The van der Waals surface area contributed by atoms with Crippen LogP contribution in [0.25, 0.3) is 56.3 Å². The molecule has 2 saturated carbocycles. The molecule has 5 heterocycles. The van der Waals surface area contributed by atoms with E-state index in [2.05, 4.69) is 422 Å². The Labute approximate surface area is 720 Å². The maximum absolute atomic E-state index is 2.53. The predicted octanol–water partition coefficient (Wildman–Crippen LogP) is 24.0. The largest absolute Gasteiger partial charge is 0.212 e. The van der Waals surface area contributed by atoms with Crippen molar-refractivity contribution in [2.45, 2.75) is 289 Å². The first-order valence-electron chi connectivity index (χ1n) is 45.2. The number of aryl methyl sites for hydroxylation is 10. The summed E-state index contributed by atoms with van der Waals surface area (Å²) < 4.78 is 11.7. The molecule has 0 bridgehead atoms. The van der Waals surface area contributed by atoms with Crippen molar-refractivity contribution in [3.8, 4) is 56.3 Å². The van der Waals surface area contributed by atoms with Crippen LogP contribution >= 0.6 is 0 Å². The summed E-state index contributed by atoms with van der Waals surface area (Å²) in [7, 11) is 4.25. The Hall–Kier alpha value is -7.07. The minimum atomic E-state index is -1.37. The van der Waals surface area contributed by atoms with E-state index in [4.69, 9.17) is 0 Å². The summed E-state index contributed by atoms with van der Waals surface area (Å²) in [5.41, 5.74) is 28.6. The van der Waals surface area contributed by atoms with Crippen molar-refractivity contribution in [3.63, 3.8) is 0 Å². The molecular weight excluding hydrogens is 1500 g/mol. The summed E-state index contributed by atoms with van der Waals surface area (Å²) in [5, 5.41) is 8.14. The van der Waals surface area contributed by atoms with Crippen LogP contribution in [0.3, 0.4) is 0 Å². The van der Waals surface area contributed by atoms with Gasteiger partial charge in [-0.3, -0.25) is 0 Å². The first kappa shape index (κ1) is 95.4. The van der Waals surface area contributed by atoms with Crippen LogP contribution in [0.2, 0.25) is 98.2 Å². The van der Waals surface area contributed by atoms with Crippen LogP contribution < -0.4 is 48.8 Å². The Morgan fingerprint density at radius 3 is 0.812 bits per heavy atom. The number of nitrogens with zero attached hydrogens (tertiary/aromatic N) is 5. The van der Waals surface area contributed by atoms with Gasteiger partial charge in [0.1, 0.15) is 35.2 Å². The molecule has 0 radical (unpaired) electrons. The third-order valence-electron chi connectivity index (χ3n) is 25.3. The number of benzene rings is 5. The standard InChI is InChI=1S/C22H32NSi.C22H34NSi.C21H30NSi.2C21H32NSi/c1-17-11-9-10-14-19(17)21-15-20(18-12-7-6-8-13-18)22(16-23(21)2)24(3,4)5;1-8-18(9-2)14-19-15-21(20-13-11-10-12-17(20)3)23(4)16-22(19)24(5,6)7;1-16-10-6-9-13-18(16)20-14-19(17-11-7-8-12-17)21(15-22(20)2)23(3,4)5;1-16-11-9-10-12-18(16)19-13-17(14-21(2,3)4)20(15-22(19)5)23(6,7)8;1-8-16(2)13-18-14-20(19-12-10-9-11-17(19)3)22(4)15-21(18)23(5,6)7/h9-11,14-16,18H,6-8,12-13H2,1-5H3;10-13,15-16,18H,8-9,14H2,1-7H3;6,9-10,13-15,17H,7-8,11-12H2,1-5H3;9-13,15H,14H2,1-8H3;9-12,14-16H,8,13H2,1-7H3/q5*+1. The highest BCUT2D eigenvalue weighted by Gasteiger charge is 2.35. The van der Waals surface area contributed by atoms with Crippen molar-refractivity contribution in [3.05, 3.63) is 238 Å². The zero-order valence-electron chi connectivity index (χ0n) is 80.0. The third kappa shape index (κ3) is 25.8. The molecule has 2 aliphatic rings. The fourth-order valence-electron chi connectivity index (χ4n) is 18.1. The van der Waals surface area contributed by atoms with Crippen LogP contribution in [0.1, 0.15) is 193 Å². The van der Waals surface area contributed by atoms with Crippen LogP contribution in [-0.2, 0) is 54.5 Å². The first-order chi connectivity index (χ1) is 54.7. The molecule has 2 fully saturated rings. The Morgan fingerprint density at radius 2 is 0.556 bits per heavy atom. The average Bonchev–Trinajstić information content (AvgIpc) is 1.29. The molecule has 0 spiro atoms. The summed E-state index contributed by atoms with van der Waals surface area (Å²) in [5.74, 6) is 3.07. The fourth-order valence-corrected chi connectivity index (χ4v) is 26.7. The number of hydrogen-bond donors (Lipinski definition) is 0. The van der Waals surface area contributed by atoms with E-state index in [0.29, 0.717) is 5.41 Å². The van der Waals surface area contributed by atoms with Crippen molar-refractivity contribution in [1.29, 1.82) is 0 Å². The smallest absolute Gasteiger partial charge is 0.201 e. The van der Waals surface area contributed by atoms with E-state index < -0.39 is 40.4 Å². The van der Waals surface area contributed by atoms with E-state index in [1.165, 1.54) is 180 Å². The second-order valence-electron chi connectivity index (χ2n) is 41.9. The molecule has 5 nitrogen and oxygen atoms in total. The number of hydrogen-bond acceptors (Lipinski definition) is 0. The molecule has 2 aliphatic carbocycles. The van der Waals surface area contributed by atoms with Gasteiger partial charge in [-0.1, -0.05) is 289 Å². The van der Waals surface area contributed by atoms with Crippen LogP contribution in [0.4, 0.5) is 0 Å². The van der Waals surface area contributed by atoms with Gasteiger partial charge in [0.2, 0.25) is 28.5 Å².